The van der Waals surface area contributed by atoms with Crippen LogP contribution in [0.3, 0.4) is 0 Å². The molecule has 6 nitrogen and oxygen atoms in total. The third-order valence-corrected chi connectivity index (χ3v) is 4.60. The summed E-state index contributed by atoms with van der Waals surface area (Å²) in [7, 11) is 0. The van der Waals surface area contributed by atoms with Gasteiger partial charge in [-0.15, -0.1) is 5.10 Å². The Morgan fingerprint density at radius 1 is 1.29 bits per heavy atom. The number of rotatable bonds is 5. The van der Waals surface area contributed by atoms with Crippen molar-refractivity contribution >= 4 is 11.8 Å². The average molecular weight is 314 g/mol. The molecule has 0 saturated heterocycles. The molecule has 2 aromatic rings. The molecule has 1 fully saturated rings. The van der Waals surface area contributed by atoms with Crippen molar-refractivity contribution in [3.05, 3.63) is 18.2 Å². The summed E-state index contributed by atoms with van der Waals surface area (Å²) in [6.45, 7) is -2.57. The predicted octanol–water partition coefficient (Wildman–Crippen LogP) is 3.06. The lowest BCUT2D eigenvalue weighted by atomic mass is 9.96. The lowest BCUT2D eigenvalue weighted by molar-refractivity contribution is 0.0678. The molecule has 2 aromatic heterocycles. The third kappa shape index (κ3) is 3.22. The van der Waals surface area contributed by atoms with Crippen LogP contribution in [-0.2, 0) is 5.75 Å². The van der Waals surface area contributed by atoms with E-state index in [0.717, 1.165) is 17.4 Å². The quantitative estimate of drug-likeness (QED) is 0.794. The minimum Gasteiger partial charge on any atom is -0.277 e. The Morgan fingerprint density at radius 2 is 2.10 bits per heavy atom. The summed E-state index contributed by atoms with van der Waals surface area (Å²) >= 11 is 1.35. The summed E-state index contributed by atoms with van der Waals surface area (Å²) in [6, 6.07) is 0.325. The van der Waals surface area contributed by atoms with Crippen LogP contribution in [0.25, 0.3) is 0 Å². The van der Waals surface area contributed by atoms with E-state index in [1.54, 1.807) is 0 Å². The first kappa shape index (κ1) is 14.4. The van der Waals surface area contributed by atoms with Crippen LogP contribution in [-0.4, -0.2) is 29.8 Å². The van der Waals surface area contributed by atoms with Crippen molar-refractivity contribution in [1.29, 1.82) is 0 Å². The molecule has 3 rings (SSSR count). The van der Waals surface area contributed by atoms with E-state index in [9.17, 15) is 8.78 Å². The molecule has 0 bridgehead atoms. The highest BCUT2D eigenvalue weighted by molar-refractivity contribution is 7.98. The SMILES string of the molecule is FC(F)n1ccnc1CSc1nnnn1C1CCCCC1. The van der Waals surface area contributed by atoms with E-state index in [-0.39, 0.29) is 0 Å². The van der Waals surface area contributed by atoms with Gasteiger partial charge in [0, 0.05) is 12.4 Å². The van der Waals surface area contributed by atoms with Crippen molar-refractivity contribution in [1.82, 2.24) is 29.8 Å². The first-order chi connectivity index (χ1) is 10.3. The van der Waals surface area contributed by atoms with Crippen molar-refractivity contribution < 1.29 is 8.78 Å². The molecule has 9 heteroatoms. The molecule has 0 N–H and O–H groups in total. The number of nitrogens with zero attached hydrogens (tertiary/aromatic N) is 6. The number of alkyl halides is 2. The molecular weight excluding hydrogens is 298 g/mol. The van der Waals surface area contributed by atoms with Crippen LogP contribution in [0.5, 0.6) is 0 Å². The molecule has 0 aliphatic heterocycles. The second-order valence-electron chi connectivity index (χ2n) is 5.01. The molecule has 0 spiro atoms. The first-order valence-electron chi connectivity index (χ1n) is 6.96. The second kappa shape index (κ2) is 6.50. The summed E-state index contributed by atoms with van der Waals surface area (Å²) in [5, 5.41) is 12.5. The smallest absolute Gasteiger partial charge is 0.277 e. The summed E-state index contributed by atoms with van der Waals surface area (Å²) < 4.78 is 28.2. The van der Waals surface area contributed by atoms with Gasteiger partial charge in [0.2, 0.25) is 5.16 Å². The molecule has 0 atom stereocenters. The topological polar surface area (TPSA) is 61.4 Å². The maximum Gasteiger partial charge on any atom is 0.319 e. The molecule has 1 aliphatic rings. The van der Waals surface area contributed by atoms with E-state index in [4.69, 9.17) is 0 Å². The van der Waals surface area contributed by atoms with Gasteiger partial charge in [-0.1, -0.05) is 31.0 Å². The van der Waals surface area contributed by atoms with Crippen LogP contribution in [0.2, 0.25) is 0 Å². The predicted molar refractivity (Wildman–Crippen MR) is 73.0 cm³/mol. The first-order valence-corrected chi connectivity index (χ1v) is 7.95. The zero-order chi connectivity index (χ0) is 14.7. The van der Waals surface area contributed by atoms with E-state index in [1.165, 1.54) is 43.4 Å². The lowest BCUT2D eigenvalue weighted by Gasteiger charge is -2.21. The molecule has 0 aromatic carbocycles. The number of hydrogen-bond donors (Lipinski definition) is 0. The monoisotopic (exact) mass is 314 g/mol. The lowest BCUT2D eigenvalue weighted by Crippen LogP contribution is -2.15. The van der Waals surface area contributed by atoms with Gasteiger partial charge in [0.1, 0.15) is 5.82 Å². The van der Waals surface area contributed by atoms with E-state index in [0.29, 0.717) is 22.8 Å². The van der Waals surface area contributed by atoms with Gasteiger partial charge in [-0.2, -0.15) is 8.78 Å². The van der Waals surface area contributed by atoms with Crippen LogP contribution in [0.4, 0.5) is 8.78 Å². The minimum absolute atomic E-state index is 0.324. The molecule has 0 radical (unpaired) electrons. The van der Waals surface area contributed by atoms with Crippen LogP contribution in [0.1, 0.15) is 50.5 Å². The number of aromatic nitrogens is 6. The fourth-order valence-corrected chi connectivity index (χ4v) is 3.49. The summed E-state index contributed by atoms with van der Waals surface area (Å²) in [5.74, 6) is 0.651. The summed E-state index contributed by atoms with van der Waals surface area (Å²) in [6.07, 6.45) is 8.44. The Morgan fingerprint density at radius 3 is 2.86 bits per heavy atom. The number of tetrazole rings is 1. The van der Waals surface area contributed by atoms with E-state index in [1.807, 2.05) is 4.68 Å². The molecular formula is C12H16F2N6S. The van der Waals surface area contributed by atoms with E-state index >= 15 is 0 Å². The highest BCUT2D eigenvalue weighted by Gasteiger charge is 2.21. The molecule has 114 valence electrons. The van der Waals surface area contributed by atoms with Gasteiger partial charge in [0.15, 0.2) is 0 Å². The van der Waals surface area contributed by atoms with Gasteiger partial charge in [0.25, 0.3) is 0 Å². The highest BCUT2D eigenvalue weighted by Crippen LogP contribution is 2.31. The van der Waals surface area contributed by atoms with Crippen LogP contribution < -0.4 is 0 Å². The van der Waals surface area contributed by atoms with Crippen molar-refractivity contribution in [3.8, 4) is 0 Å². The van der Waals surface area contributed by atoms with Crippen molar-refractivity contribution in [2.24, 2.45) is 0 Å². The normalized spacial score (nSPS) is 16.7. The Bertz CT molecular complexity index is 578. The maximum atomic E-state index is 12.8. The van der Waals surface area contributed by atoms with Crippen molar-refractivity contribution in [2.75, 3.05) is 0 Å². The van der Waals surface area contributed by atoms with Crippen molar-refractivity contribution in [2.45, 2.75) is 55.6 Å². The number of thioether (sulfide) groups is 1. The standard InChI is InChI=1S/C12H16F2N6S/c13-11(14)19-7-6-15-10(19)8-21-12-16-17-18-20(12)9-4-2-1-3-5-9/h6-7,9,11H,1-5,8H2. The molecule has 21 heavy (non-hydrogen) atoms. The Hall–Kier alpha value is -1.51. The van der Waals surface area contributed by atoms with E-state index < -0.39 is 6.55 Å². The number of halogens is 2. The van der Waals surface area contributed by atoms with Crippen molar-refractivity contribution in [3.63, 3.8) is 0 Å². The molecule has 1 saturated carbocycles. The van der Waals surface area contributed by atoms with Gasteiger partial charge >= 0.3 is 6.55 Å². The van der Waals surface area contributed by atoms with Crippen LogP contribution in [0.15, 0.2) is 17.6 Å². The number of hydrogen-bond acceptors (Lipinski definition) is 5. The Labute approximate surface area is 124 Å². The zero-order valence-electron chi connectivity index (χ0n) is 11.4. The molecule has 0 amide bonds. The molecule has 1 aliphatic carbocycles. The molecule has 2 heterocycles. The van der Waals surface area contributed by atoms with Gasteiger partial charge < -0.3 is 0 Å². The van der Waals surface area contributed by atoms with Crippen LogP contribution in [0, 0.1) is 0 Å². The van der Waals surface area contributed by atoms with Crippen LogP contribution >= 0.6 is 11.8 Å². The summed E-state index contributed by atoms with van der Waals surface area (Å²) in [4.78, 5) is 3.96. The maximum absolute atomic E-state index is 12.8. The average Bonchev–Trinajstić information content (AvgIpc) is 3.15. The Kier molecular flexibility index (Phi) is 4.47. The highest BCUT2D eigenvalue weighted by atomic mass is 32.2. The fourth-order valence-electron chi connectivity index (χ4n) is 2.60. The largest absolute Gasteiger partial charge is 0.319 e. The van der Waals surface area contributed by atoms with Gasteiger partial charge in [-0.3, -0.25) is 4.57 Å². The second-order valence-corrected chi connectivity index (χ2v) is 5.96. The zero-order valence-corrected chi connectivity index (χ0v) is 12.2. The van der Waals surface area contributed by atoms with Gasteiger partial charge in [0.05, 0.1) is 11.8 Å². The third-order valence-electron chi connectivity index (χ3n) is 3.67. The Balaban J connectivity index is 1.68. The van der Waals surface area contributed by atoms with Gasteiger partial charge in [-0.25, -0.2) is 9.67 Å². The summed E-state index contributed by atoms with van der Waals surface area (Å²) in [5.41, 5.74) is 0. The fraction of sp³-hybridized carbons (Fsp3) is 0.667. The molecule has 0 unspecified atom stereocenters. The number of imidazole rings is 1. The minimum atomic E-state index is -2.57. The van der Waals surface area contributed by atoms with Gasteiger partial charge in [-0.05, 0) is 23.3 Å². The van der Waals surface area contributed by atoms with E-state index in [2.05, 4.69) is 20.5 Å².